The Balaban J connectivity index is 2.12. The zero-order valence-corrected chi connectivity index (χ0v) is 8.06. The Labute approximate surface area is 77.8 Å². The predicted octanol–water partition coefficient (Wildman–Crippen LogP) is -0.387. The molecule has 2 heterocycles. The summed E-state index contributed by atoms with van der Waals surface area (Å²) in [5.41, 5.74) is 0. The highest BCUT2D eigenvalue weighted by Crippen LogP contribution is 2.10. The smallest absolute Gasteiger partial charge is 0.223 e. The van der Waals surface area contributed by atoms with Crippen molar-refractivity contribution in [3.8, 4) is 0 Å². The largest absolute Gasteiger partial charge is 0.338 e. The molecule has 1 aromatic heterocycles. The van der Waals surface area contributed by atoms with Gasteiger partial charge in [0.05, 0.1) is 0 Å². The van der Waals surface area contributed by atoms with E-state index in [2.05, 4.69) is 27.2 Å². The Morgan fingerprint density at radius 2 is 2.46 bits per heavy atom. The van der Waals surface area contributed by atoms with Gasteiger partial charge in [-0.2, -0.15) is 10.1 Å². The maximum absolute atomic E-state index is 4.22. The van der Waals surface area contributed by atoms with Crippen LogP contribution in [0.4, 0.5) is 5.95 Å². The molecule has 0 aliphatic carbocycles. The predicted molar refractivity (Wildman–Crippen MR) is 50.7 cm³/mol. The molecule has 1 aliphatic heterocycles. The van der Waals surface area contributed by atoms with Gasteiger partial charge >= 0.3 is 0 Å². The van der Waals surface area contributed by atoms with E-state index in [0.717, 1.165) is 25.6 Å². The third kappa shape index (κ3) is 1.65. The summed E-state index contributed by atoms with van der Waals surface area (Å²) >= 11 is 0. The molecule has 1 atom stereocenters. The molecule has 5 nitrogen and oxygen atoms in total. The van der Waals surface area contributed by atoms with E-state index in [1.54, 1.807) is 6.33 Å². The van der Waals surface area contributed by atoms with Gasteiger partial charge in [-0.25, -0.2) is 4.68 Å². The van der Waals surface area contributed by atoms with Gasteiger partial charge in [0.25, 0.3) is 0 Å². The molecule has 0 radical (unpaired) electrons. The second-order valence-corrected chi connectivity index (χ2v) is 3.48. The number of aromatic nitrogens is 3. The molecule has 72 valence electrons. The molecule has 5 heteroatoms. The van der Waals surface area contributed by atoms with Crippen LogP contribution in [0.2, 0.25) is 0 Å². The fraction of sp³-hybridized carbons (Fsp3) is 0.750. The van der Waals surface area contributed by atoms with Crippen LogP contribution in [0.25, 0.3) is 0 Å². The van der Waals surface area contributed by atoms with Crippen molar-refractivity contribution >= 4 is 5.95 Å². The van der Waals surface area contributed by atoms with E-state index in [9.17, 15) is 0 Å². The molecule has 0 saturated carbocycles. The van der Waals surface area contributed by atoms with E-state index in [-0.39, 0.29) is 0 Å². The summed E-state index contributed by atoms with van der Waals surface area (Å²) in [5.74, 6) is 0.966. The zero-order chi connectivity index (χ0) is 9.26. The molecule has 1 unspecified atom stereocenters. The highest BCUT2D eigenvalue weighted by molar-refractivity contribution is 5.30. The van der Waals surface area contributed by atoms with Crippen LogP contribution in [0, 0.1) is 0 Å². The van der Waals surface area contributed by atoms with Crippen molar-refractivity contribution in [2.45, 2.75) is 13.0 Å². The average molecular weight is 181 g/mol. The topological polar surface area (TPSA) is 46.0 Å². The van der Waals surface area contributed by atoms with E-state index >= 15 is 0 Å². The van der Waals surface area contributed by atoms with Crippen LogP contribution in [0.5, 0.6) is 0 Å². The first kappa shape index (κ1) is 8.50. The Morgan fingerprint density at radius 1 is 1.62 bits per heavy atom. The van der Waals surface area contributed by atoms with Crippen molar-refractivity contribution in [3.05, 3.63) is 6.33 Å². The Kier molecular flexibility index (Phi) is 2.18. The van der Waals surface area contributed by atoms with Crippen molar-refractivity contribution in [1.82, 2.24) is 20.1 Å². The third-order valence-corrected chi connectivity index (χ3v) is 2.34. The minimum absolute atomic E-state index is 0.533. The fourth-order valence-corrected chi connectivity index (χ4v) is 1.69. The van der Waals surface area contributed by atoms with Gasteiger partial charge < -0.3 is 10.2 Å². The van der Waals surface area contributed by atoms with Gasteiger partial charge in [0.1, 0.15) is 6.33 Å². The molecule has 0 amide bonds. The first-order valence-electron chi connectivity index (χ1n) is 4.59. The first-order valence-corrected chi connectivity index (χ1v) is 4.59. The number of piperazine rings is 1. The molecule has 1 N–H and O–H groups in total. The lowest BCUT2D eigenvalue weighted by molar-refractivity contribution is 0.474. The lowest BCUT2D eigenvalue weighted by atomic mass is 10.2. The number of hydrogen-bond acceptors (Lipinski definition) is 4. The molecule has 0 bridgehead atoms. The summed E-state index contributed by atoms with van der Waals surface area (Å²) in [6.45, 7) is 5.22. The van der Waals surface area contributed by atoms with Crippen LogP contribution < -0.4 is 10.2 Å². The lowest BCUT2D eigenvalue weighted by Crippen LogP contribution is -2.50. The molecule has 2 rings (SSSR count). The van der Waals surface area contributed by atoms with Gasteiger partial charge in [0.15, 0.2) is 0 Å². The van der Waals surface area contributed by atoms with Crippen molar-refractivity contribution in [2.24, 2.45) is 7.05 Å². The quantitative estimate of drug-likeness (QED) is 0.641. The molecule has 1 fully saturated rings. The Hall–Kier alpha value is -1.10. The number of nitrogens with zero attached hydrogens (tertiary/aromatic N) is 4. The van der Waals surface area contributed by atoms with Crippen molar-refractivity contribution in [2.75, 3.05) is 24.5 Å². The van der Waals surface area contributed by atoms with Gasteiger partial charge in [0, 0.05) is 32.7 Å². The monoisotopic (exact) mass is 181 g/mol. The number of nitrogens with one attached hydrogen (secondary N) is 1. The number of hydrogen-bond donors (Lipinski definition) is 1. The fourth-order valence-electron chi connectivity index (χ4n) is 1.69. The second-order valence-electron chi connectivity index (χ2n) is 3.48. The van der Waals surface area contributed by atoms with Gasteiger partial charge in [-0.15, -0.1) is 0 Å². The van der Waals surface area contributed by atoms with E-state index in [1.165, 1.54) is 0 Å². The van der Waals surface area contributed by atoms with E-state index in [4.69, 9.17) is 0 Å². The highest BCUT2D eigenvalue weighted by Gasteiger charge is 2.18. The molecule has 0 aromatic carbocycles. The normalized spacial score (nSPS) is 23.5. The van der Waals surface area contributed by atoms with Crippen LogP contribution in [0.15, 0.2) is 6.33 Å². The molecule has 1 saturated heterocycles. The molecule has 13 heavy (non-hydrogen) atoms. The van der Waals surface area contributed by atoms with E-state index < -0.39 is 0 Å². The summed E-state index contributed by atoms with van der Waals surface area (Å²) in [6, 6.07) is 0.533. The zero-order valence-electron chi connectivity index (χ0n) is 8.06. The van der Waals surface area contributed by atoms with Crippen molar-refractivity contribution in [3.63, 3.8) is 0 Å². The Bertz CT molecular complexity index is 282. The summed E-state index contributed by atoms with van der Waals surface area (Å²) < 4.78 is 1.82. The summed E-state index contributed by atoms with van der Waals surface area (Å²) in [5, 5.41) is 7.45. The second kappa shape index (κ2) is 3.33. The maximum atomic E-state index is 4.22. The van der Waals surface area contributed by atoms with Crippen molar-refractivity contribution < 1.29 is 0 Å². The number of rotatable bonds is 1. The van der Waals surface area contributed by atoms with Gasteiger partial charge in [-0.05, 0) is 6.92 Å². The van der Waals surface area contributed by atoms with Crippen LogP contribution in [-0.2, 0) is 7.05 Å². The number of aryl methyl sites for hydroxylation is 1. The molecule has 1 aliphatic rings. The van der Waals surface area contributed by atoms with Gasteiger partial charge in [-0.1, -0.05) is 0 Å². The van der Waals surface area contributed by atoms with Crippen LogP contribution >= 0.6 is 0 Å². The lowest BCUT2D eigenvalue weighted by Gasteiger charge is -2.31. The molecule has 0 spiro atoms. The summed E-state index contributed by atoms with van der Waals surface area (Å²) in [6.07, 6.45) is 1.60. The van der Waals surface area contributed by atoms with Crippen molar-refractivity contribution in [1.29, 1.82) is 0 Å². The molecule has 1 aromatic rings. The van der Waals surface area contributed by atoms with Crippen LogP contribution in [0.3, 0.4) is 0 Å². The summed E-state index contributed by atoms with van der Waals surface area (Å²) in [4.78, 5) is 6.48. The molecular weight excluding hydrogens is 166 g/mol. The van der Waals surface area contributed by atoms with Crippen LogP contribution in [0.1, 0.15) is 6.92 Å². The minimum Gasteiger partial charge on any atom is -0.338 e. The minimum atomic E-state index is 0.533. The first-order chi connectivity index (χ1) is 6.27. The standard InChI is InChI=1S/C8H15N5/c1-7-5-13(4-3-9-7)8-10-6-11-12(8)2/h6-7,9H,3-5H2,1-2H3. The maximum Gasteiger partial charge on any atom is 0.223 e. The van der Waals surface area contributed by atoms with E-state index in [0.29, 0.717) is 6.04 Å². The van der Waals surface area contributed by atoms with Gasteiger partial charge in [0.2, 0.25) is 5.95 Å². The number of anilines is 1. The van der Waals surface area contributed by atoms with Gasteiger partial charge in [-0.3, -0.25) is 0 Å². The Morgan fingerprint density at radius 3 is 3.08 bits per heavy atom. The van der Waals surface area contributed by atoms with E-state index in [1.807, 2.05) is 11.7 Å². The average Bonchev–Trinajstić information content (AvgIpc) is 2.51. The highest BCUT2D eigenvalue weighted by atomic mass is 15.4. The summed E-state index contributed by atoms with van der Waals surface area (Å²) in [7, 11) is 1.93. The third-order valence-electron chi connectivity index (χ3n) is 2.34. The SMILES string of the molecule is CC1CN(c2ncnn2C)CCN1. The van der Waals surface area contributed by atoms with Crippen LogP contribution in [-0.4, -0.2) is 40.4 Å². The molecular formula is C8H15N5.